The van der Waals surface area contributed by atoms with Crippen molar-refractivity contribution in [3.8, 4) is 11.5 Å². The van der Waals surface area contributed by atoms with E-state index in [2.05, 4.69) is 0 Å². The molecule has 0 atom stereocenters. The van der Waals surface area contributed by atoms with Crippen LogP contribution in [0, 0.1) is 0 Å². The summed E-state index contributed by atoms with van der Waals surface area (Å²) in [6, 6.07) is 5.13. The van der Waals surface area contributed by atoms with E-state index in [4.69, 9.17) is 9.47 Å². The largest absolute Gasteiger partial charge is 0.497 e. The lowest BCUT2D eigenvalue weighted by Crippen LogP contribution is -2.40. The lowest BCUT2D eigenvalue weighted by Gasteiger charge is -2.34. The van der Waals surface area contributed by atoms with Gasteiger partial charge in [0, 0.05) is 18.4 Å². The number of benzene rings is 1. The Kier molecular flexibility index (Phi) is 3.97. The van der Waals surface area contributed by atoms with Crippen molar-refractivity contribution in [2.75, 3.05) is 14.2 Å². The van der Waals surface area contributed by atoms with E-state index in [1.807, 2.05) is 0 Å². The zero-order chi connectivity index (χ0) is 14.8. The number of hydrogen-bond donors (Lipinski definition) is 1. The molecule has 1 aromatic carbocycles. The third kappa shape index (κ3) is 2.35. The average molecular weight is 278 g/mol. The first kappa shape index (κ1) is 14.4. The smallest absolute Gasteiger partial charge is 0.314 e. The molecule has 0 saturated heterocycles. The van der Waals surface area contributed by atoms with Crippen molar-refractivity contribution < 1.29 is 24.2 Å². The summed E-state index contributed by atoms with van der Waals surface area (Å²) in [7, 11) is 3.04. The molecule has 0 spiro atoms. The number of methoxy groups -OCH3 is 2. The highest BCUT2D eigenvalue weighted by molar-refractivity contribution is 5.88. The van der Waals surface area contributed by atoms with Crippen LogP contribution in [0.1, 0.15) is 31.2 Å². The molecule has 0 aromatic heterocycles. The summed E-state index contributed by atoms with van der Waals surface area (Å²) < 4.78 is 10.5. The summed E-state index contributed by atoms with van der Waals surface area (Å²) in [6.45, 7) is 0. The molecule has 0 aliphatic heterocycles. The van der Waals surface area contributed by atoms with Gasteiger partial charge in [0.2, 0.25) is 0 Å². The minimum Gasteiger partial charge on any atom is -0.497 e. The molecule has 1 aliphatic carbocycles. The standard InChI is InChI=1S/C15H18O5/c1-19-11-3-4-13(20-2)12(9-11)15(14(17)18)7-5-10(16)6-8-15/h3-4,9H,5-8H2,1-2H3,(H,17,18). The van der Waals surface area contributed by atoms with E-state index < -0.39 is 11.4 Å². The van der Waals surface area contributed by atoms with Gasteiger partial charge in [-0.25, -0.2) is 0 Å². The molecule has 0 bridgehead atoms. The van der Waals surface area contributed by atoms with E-state index in [9.17, 15) is 14.7 Å². The monoisotopic (exact) mass is 278 g/mol. The molecule has 1 aromatic rings. The molecule has 5 heteroatoms. The van der Waals surface area contributed by atoms with Gasteiger partial charge >= 0.3 is 5.97 Å². The Morgan fingerprint density at radius 3 is 2.35 bits per heavy atom. The van der Waals surface area contributed by atoms with Gasteiger partial charge in [-0.1, -0.05) is 0 Å². The molecule has 1 saturated carbocycles. The Labute approximate surface area is 117 Å². The Balaban J connectivity index is 2.54. The normalized spacial score (nSPS) is 17.6. The maximum Gasteiger partial charge on any atom is 0.314 e. The molecule has 2 rings (SSSR count). The highest BCUT2D eigenvalue weighted by Gasteiger charge is 2.45. The Bertz CT molecular complexity index is 525. The Morgan fingerprint density at radius 1 is 1.20 bits per heavy atom. The molecule has 5 nitrogen and oxygen atoms in total. The summed E-state index contributed by atoms with van der Waals surface area (Å²) in [5.41, 5.74) is -0.493. The molecule has 1 aliphatic rings. The van der Waals surface area contributed by atoms with Crippen LogP contribution in [0.25, 0.3) is 0 Å². The fourth-order valence-electron chi connectivity index (χ4n) is 2.74. The lowest BCUT2D eigenvalue weighted by atomic mass is 9.68. The number of Topliss-reactive ketones (excluding diaryl/α,β-unsaturated/α-hetero) is 1. The van der Waals surface area contributed by atoms with Crippen LogP contribution in [-0.2, 0) is 15.0 Å². The van der Waals surface area contributed by atoms with Crippen LogP contribution in [0.15, 0.2) is 18.2 Å². The molecule has 0 radical (unpaired) electrons. The third-order valence-corrected chi connectivity index (χ3v) is 3.99. The second-order valence-corrected chi connectivity index (χ2v) is 4.99. The number of ether oxygens (including phenoxy) is 2. The van der Waals surface area contributed by atoms with E-state index >= 15 is 0 Å². The second kappa shape index (κ2) is 5.53. The molecule has 108 valence electrons. The van der Waals surface area contributed by atoms with Gasteiger partial charge < -0.3 is 14.6 Å². The summed E-state index contributed by atoms with van der Waals surface area (Å²) in [6.07, 6.45) is 1.16. The molecule has 0 amide bonds. The Morgan fingerprint density at radius 2 is 1.85 bits per heavy atom. The van der Waals surface area contributed by atoms with Crippen LogP contribution in [-0.4, -0.2) is 31.1 Å². The first-order valence-electron chi connectivity index (χ1n) is 6.51. The van der Waals surface area contributed by atoms with Gasteiger partial charge in [-0.3, -0.25) is 9.59 Å². The molecular weight excluding hydrogens is 260 g/mol. The number of hydrogen-bond acceptors (Lipinski definition) is 4. The first-order valence-corrected chi connectivity index (χ1v) is 6.51. The molecule has 1 N–H and O–H groups in total. The zero-order valence-corrected chi connectivity index (χ0v) is 11.6. The molecular formula is C15H18O5. The van der Waals surface area contributed by atoms with Crippen molar-refractivity contribution in [3.05, 3.63) is 23.8 Å². The summed E-state index contributed by atoms with van der Waals surface area (Å²) in [4.78, 5) is 23.3. The summed E-state index contributed by atoms with van der Waals surface area (Å²) in [5, 5.41) is 9.70. The maximum atomic E-state index is 11.8. The molecule has 0 heterocycles. The topological polar surface area (TPSA) is 72.8 Å². The minimum absolute atomic E-state index is 0.115. The van der Waals surface area contributed by atoms with Crippen molar-refractivity contribution in [2.24, 2.45) is 0 Å². The minimum atomic E-state index is -1.08. The van der Waals surface area contributed by atoms with Crippen LogP contribution in [0.4, 0.5) is 0 Å². The zero-order valence-electron chi connectivity index (χ0n) is 11.6. The van der Waals surface area contributed by atoms with Crippen LogP contribution < -0.4 is 9.47 Å². The van der Waals surface area contributed by atoms with E-state index in [0.717, 1.165) is 0 Å². The van der Waals surface area contributed by atoms with Gasteiger partial charge in [0.15, 0.2) is 0 Å². The van der Waals surface area contributed by atoms with Crippen molar-refractivity contribution in [3.63, 3.8) is 0 Å². The maximum absolute atomic E-state index is 11.8. The fraction of sp³-hybridized carbons (Fsp3) is 0.467. The number of carboxylic acids is 1. The highest BCUT2D eigenvalue weighted by Crippen LogP contribution is 2.44. The quantitative estimate of drug-likeness (QED) is 0.913. The number of carbonyl (C=O) groups excluding carboxylic acids is 1. The van der Waals surface area contributed by atoms with E-state index in [-0.39, 0.29) is 18.6 Å². The van der Waals surface area contributed by atoms with Crippen molar-refractivity contribution >= 4 is 11.8 Å². The van der Waals surface area contributed by atoms with Crippen LogP contribution in [0.5, 0.6) is 11.5 Å². The number of rotatable bonds is 4. The predicted octanol–water partition coefficient (Wildman–Crippen LogP) is 2.17. The number of carboxylic acid groups (broad SMARTS) is 1. The summed E-state index contributed by atoms with van der Waals surface area (Å²) in [5.74, 6) is 0.293. The molecule has 1 fully saturated rings. The van der Waals surface area contributed by atoms with Gasteiger partial charge in [0.25, 0.3) is 0 Å². The van der Waals surface area contributed by atoms with Gasteiger partial charge in [-0.15, -0.1) is 0 Å². The van der Waals surface area contributed by atoms with Gasteiger partial charge in [0.1, 0.15) is 17.3 Å². The van der Waals surface area contributed by atoms with Gasteiger partial charge in [-0.2, -0.15) is 0 Å². The van der Waals surface area contributed by atoms with Crippen LogP contribution >= 0.6 is 0 Å². The number of aliphatic carboxylic acids is 1. The fourth-order valence-corrected chi connectivity index (χ4v) is 2.74. The third-order valence-electron chi connectivity index (χ3n) is 3.99. The van der Waals surface area contributed by atoms with E-state index in [0.29, 0.717) is 29.9 Å². The van der Waals surface area contributed by atoms with Crippen molar-refractivity contribution in [1.29, 1.82) is 0 Å². The molecule has 0 unspecified atom stereocenters. The number of ketones is 1. The number of carbonyl (C=O) groups is 2. The van der Waals surface area contributed by atoms with Gasteiger partial charge in [0.05, 0.1) is 19.6 Å². The van der Waals surface area contributed by atoms with Crippen LogP contribution in [0.3, 0.4) is 0 Å². The lowest BCUT2D eigenvalue weighted by molar-refractivity contribution is -0.146. The second-order valence-electron chi connectivity index (χ2n) is 4.99. The summed E-state index contributed by atoms with van der Waals surface area (Å²) >= 11 is 0. The average Bonchev–Trinajstić information content (AvgIpc) is 2.47. The van der Waals surface area contributed by atoms with Crippen LogP contribution in [0.2, 0.25) is 0 Å². The first-order chi connectivity index (χ1) is 9.53. The highest BCUT2D eigenvalue weighted by atomic mass is 16.5. The SMILES string of the molecule is COc1ccc(OC)c(C2(C(=O)O)CCC(=O)CC2)c1. The molecule has 20 heavy (non-hydrogen) atoms. The van der Waals surface area contributed by atoms with Crippen molar-refractivity contribution in [2.45, 2.75) is 31.1 Å². The predicted molar refractivity (Wildman–Crippen MR) is 72.3 cm³/mol. The van der Waals surface area contributed by atoms with Crippen molar-refractivity contribution in [1.82, 2.24) is 0 Å². The van der Waals surface area contributed by atoms with Gasteiger partial charge in [-0.05, 0) is 31.0 Å². The Hall–Kier alpha value is -2.04. The van der Waals surface area contributed by atoms with E-state index in [1.165, 1.54) is 14.2 Å². The van der Waals surface area contributed by atoms with E-state index in [1.54, 1.807) is 18.2 Å².